The van der Waals surface area contributed by atoms with Crippen LogP contribution >= 0.6 is 0 Å². The van der Waals surface area contributed by atoms with Crippen molar-refractivity contribution in [2.75, 3.05) is 13.1 Å². The Morgan fingerprint density at radius 1 is 1.05 bits per heavy atom. The van der Waals surface area contributed by atoms with E-state index >= 15 is 0 Å². The Labute approximate surface area is 117 Å². The lowest BCUT2D eigenvalue weighted by molar-refractivity contribution is -0.149. The first kappa shape index (κ1) is 17.9. The summed E-state index contributed by atoms with van der Waals surface area (Å²) in [6.07, 6.45) is -0.206. The number of carbonyl (C=O) groups excluding carboxylic acids is 3. The van der Waals surface area contributed by atoms with Gasteiger partial charge >= 0.3 is 12.0 Å². The second kappa shape index (κ2) is 8.13. The summed E-state index contributed by atoms with van der Waals surface area (Å²) in [4.78, 5) is 44.7. The van der Waals surface area contributed by atoms with Crippen molar-refractivity contribution in [3.8, 4) is 0 Å². The van der Waals surface area contributed by atoms with Crippen LogP contribution in [-0.4, -0.2) is 42.0 Å². The van der Waals surface area contributed by atoms with Crippen molar-refractivity contribution in [3.63, 3.8) is 0 Å². The molecule has 0 rings (SSSR count). The first-order valence-electron chi connectivity index (χ1n) is 6.26. The smallest absolute Gasteiger partial charge is 0.321 e. The number of carboxylic acid groups (broad SMARTS) is 1. The van der Waals surface area contributed by atoms with Gasteiger partial charge in [-0.2, -0.15) is 0 Å². The van der Waals surface area contributed by atoms with Gasteiger partial charge in [-0.3, -0.25) is 19.7 Å². The predicted octanol–water partition coefficient (Wildman–Crippen LogP) is -0.161. The molecule has 0 saturated heterocycles. The minimum absolute atomic E-state index is 0.0905. The molecule has 4 amide bonds. The van der Waals surface area contributed by atoms with Crippen LogP contribution in [-0.2, 0) is 14.4 Å². The Balaban J connectivity index is 4.01. The molecule has 0 unspecified atom stereocenters. The number of imide groups is 1. The van der Waals surface area contributed by atoms with E-state index in [0.29, 0.717) is 6.54 Å². The highest BCUT2D eigenvalue weighted by atomic mass is 16.4. The molecular formula is C12H21N3O5. The molecule has 0 fully saturated rings. The zero-order chi connectivity index (χ0) is 15.8. The predicted molar refractivity (Wildman–Crippen MR) is 70.9 cm³/mol. The normalized spacial score (nSPS) is 10.6. The molecule has 0 radical (unpaired) electrons. The van der Waals surface area contributed by atoms with Crippen LogP contribution in [0.3, 0.4) is 0 Å². The van der Waals surface area contributed by atoms with Crippen molar-refractivity contribution in [3.05, 3.63) is 0 Å². The zero-order valence-corrected chi connectivity index (χ0v) is 11.9. The molecule has 0 aromatic carbocycles. The van der Waals surface area contributed by atoms with Crippen LogP contribution in [0, 0.1) is 5.41 Å². The highest BCUT2D eigenvalue weighted by molar-refractivity contribution is 5.96. The average molecular weight is 287 g/mol. The monoisotopic (exact) mass is 287 g/mol. The first-order valence-corrected chi connectivity index (χ1v) is 6.26. The standard InChI is InChI=1S/C12H21N3O5/c1-4-13-8(16)5-6-14-11(20)15-9(17)7-12(2,3)10(18)19/h4-7H2,1-3H3,(H,13,16)(H,18,19)(H2,14,15,17,20). The average Bonchev–Trinajstić information content (AvgIpc) is 2.27. The van der Waals surface area contributed by atoms with E-state index in [1.54, 1.807) is 6.92 Å². The SMILES string of the molecule is CCNC(=O)CCNC(=O)NC(=O)CC(C)(C)C(=O)O. The molecule has 0 aromatic heterocycles. The molecular weight excluding hydrogens is 266 g/mol. The minimum Gasteiger partial charge on any atom is -0.481 e. The second-order valence-electron chi connectivity index (χ2n) is 4.87. The van der Waals surface area contributed by atoms with Gasteiger partial charge in [0.1, 0.15) is 0 Å². The summed E-state index contributed by atoms with van der Waals surface area (Å²) >= 11 is 0. The van der Waals surface area contributed by atoms with Crippen molar-refractivity contribution < 1.29 is 24.3 Å². The van der Waals surface area contributed by atoms with Crippen molar-refractivity contribution in [1.29, 1.82) is 0 Å². The molecule has 8 heteroatoms. The molecule has 0 atom stereocenters. The maximum Gasteiger partial charge on any atom is 0.321 e. The van der Waals surface area contributed by atoms with Gasteiger partial charge in [0, 0.05) is 25.9 Å². The van der Waals surface area contributed by atoms with Crippen LogP contribution in [0.5, 0.6) is 0 Å². The van der Waals surface area contributed by atoms with E-state index in [-0.39, 0.29) is 25.3 Å². The topological polar surface area (TPSA) is 125 Å². The second-order valence-corrected chi connectivity index (χ2v) is 4.87. The van der Waals surface area contributed by atoms with Crippen LogP contribution in [0.2, 0.25) is 0 Å². The molecule has 0 aliphatic heterocycles. The summed E-state index contributed by atoms with van der Waals surface area (Å²) in [6.45, 7) is 5.16. The van der Waals surface area contributed by atoms with Gasteiger partial charge < -0.3 is 15.7 Å². The lowest BCUT2D eigenvalue weighted by Crippen LogP contribution is -2.43. The van der Waals surface area contributed by atoms with E-state index in [4.69, 9.17) is 5.11 Å². The van der Waals surface area contributed by atoms with Gasteiger partial charge in [-0.05, 0) is 20.8 Å². The molecule has 20 heavy (non-hydrogen) atoms. The highest BCUT2D eigenvalue weighted by Crippen LogP contribution is 2.19. The number of hydrogen-bond acceptors (Lipinski definition) is 4. The third kappa shape index (κ3) is 7.34. The van der Waals surface area contributed by atoms with Crippen LogP contribution in [0.4, 0.5) is 4.79 Å². The van der Waals surface area contributed by atoms with E-state index in [1.807, 2.05) is 5.32 Å². The number of carbonyl (C=O) groups is 4. The van der Waals surface area contributed by atoms with Crippen LogP contribution in [0.1, 0.15) is 33.6 Å². The molecule has 8 nitrogen and oxygen atoms in total. The quantitative estimate of drug-likeness (QED) is 0.518. The number of aliphatic carboxylic acids is 1. The van der Waals surface area contributed by atoms with Gasteiger partial charge in [-0.1, -0.05) is 0 Å². The fourth-order valence-corrected chi connectivity index (χ4v) is 1.27. The van der Waals surface area contributed by atoms with Crippen molar-refractivity contribution in [2.24, 2.45) is 5.41 Å². The molecule has 0 spiro atoms. The van der Waals surface area contributed by atoms with Crippen molar-refractivity contribution in [1.82, 2.24) is 16.0 Å². The van der Waals surface area contributed by atoms with Gasteiger partial charge in [0.15, 0.2) is 0 Å². The van der Waals surface area contributed by atoms with Gasteiger partial charge in [0.25, 0.3) is 0 Å². The summed E-state index contributed by atoms with van der Waals surface area (Å²) in [6, 6.07) is -0.750. The van der Waals surface area contributed by atoms with Gasteiger partial charge in [-0.25, -0.2) is 4.79 Å². The number of urea groups is 1. The Hall–Kier alpha value is -2.12. The van der Waals surface area contributed by atoms with E-state index < -0.39 is 23.3 Å². The van der Waals surface area contributed by atoms with Gasteiger partial charge in [-0.15, -0.1) is 0 Å². The van der Waals surface area contributed by atoms with E-state index in [2.05, 4.69) is 10.6 Å². The summed E-state index contributed by atoms with van der Waals surface area (Å²) in [5.74, 6) is -2.01. The summed E-state index contributed by atoms with van der Waals surface area (Å²) in [5, 5.41) is 15.8. The van der Waals surface area contributed by atoms with E-state index in [0.717, 1.165) is 0 Å². The Kier molecular flexibility index (Phi) is 7.27. The van der Waals surface area contributed by atoms with Gasteiger partial charge in [0.05, 0.1) is 5.41 Å². The largest absolute Gasteiger partial charge is 0.481 e. The molecule has 0 saturated carbocycles. The van der Waals surface area contributed by atoms with E-state index in [9.17, 15) is 19.2 Å². The highest BCUT2D eigenvalue weighted by Gasteiger charge is 2.30. The third-order valence-electron chi connectivity index (χ3n) is 2.45. The Bertz CT molecular complexity index is 393. The van der Waals surface area contributed by atoms with Crippen molar-refractivity contribution >= 4 is 23.8 Å². The number of carboxylic acids is 1. The zero-order valence-electron chi connectivity index (χ0n) is 11.9. The lowest BCUT2D eigenvalue weighted by Gasteiger charge is -2.17. The summed E-state index contributed by atoms with van der Waals surface area (Å²) in [5.41, 5.74) is -1.24. The van der Waals surface area contributed by atoms with Crippen molar-refractivity contribution in [2.45, 2.75) is 33.6 Å². The molecule has 0 aromatic rings. The molecule has 114 valence electrons. The number of nitrogens with one attached hydrogen (secondary N) is 3. The third-order valence-corrected chi connectivity index (χ3v) is 2.45. The minimum atomic E-state index is -1.24. The van der Waals surface area contributed by atoms with E-state index in [1.165, 1.54) is 13.8 Å². The Morgan fingerprint density at radius 3 is 2.15 bits per heavy atom. The first-order chi connectivity index (χ1) is 9.19. The lowest BCUT2D eigenvalue weighted by atomic mass is 9.89. The number of amides is 4. The summed E-state index contributed by atoms with van der Waals surface area (Å²) in [7, 11) is 0. The maximum absolute atomic E-state index is 11.5. The Morgan fingerprint density at radius 2 is 1.65 bits per heavy atom. The van der Waals surface area contributed by atoms with Gasteiger partial charge in [0.2, 0.25) is 11.8 Å². The fraction of sp³-hybridized carbons (Fsp3) is 0.667. The molecule has 4 N–H and O–H groups in total. The number of hydrogen-bond donors (Lipinski definition) is 4. The van der Waals surface area contributed by atoms with Crippen LogP contribution in [0.15, 0.2) is 0 Å². The molecule has 0 aliphatic carbocycles. The van der Waals surface area contributed by atoms with Crippen LogP contribution < -0.4 is 16.0 Å². The maximum atomic E-state index is 11.5. The summed E-state index contributed by atoms with van der Waals surface area (Å²) < 4.78 is 0. The fourth-order valence-electron chi connectivity index (χ4n) is 1.27. The molecule has 0 heterocycles. The molecule has 0 bridgehead atoms. The molecule has 0 aliphatic rings. The number of rotatable bonds is 7. The van der Waals surface area contributed by atoms with Crippen LogP contribution in [0.25, 0.3) is 0 Å².